The number of benzene rings is 2. The van der Waals surface area contributed by atoms with E-state index in [0.717, 1.165) is 16.9 Å². The van der Waals surface area contributed by atoms with Crippen molar-refractivity contribution in [2.75, 3.05) is 24.3 Å². The molecule has 0 saturated carbocycles. The molecule has 2 aromatic rings. The van der Waals surface area contributed by atoms with Gasteiger partial charge >= 0.3 is 0 Å². The summed E-state index contributed by atoms with van der Waals surface area (Å²) < 4.78 is 13.4. The fraction of sp³-hybridized carbons (Fsp3) is 0.250. The average Bonchev–Trinajstić information content (AvgIpc) is 2.41. The molecule has 0 heterocycles. The maximum absolute atomic E-state index is 13.4. The molecule has 0 atom stereocenters. The Morgan fingerprint density at radius 2 is 1.90 bits per heavy atom. The third-order valence-electron chi connectivity index (χ3n) is 3.17. The van der Waals surface area contributed by atoms with Gasteiger partial charge in [-0.1, -0.05) is 23.7 Å². The van der Waals surface area contributed by atoms with Crippen molar-refractivity contribution in [2.24, 2.45) is 0 Å². The Bertz CT molecular complexity index is 611. The van der Waals surface area contributed by atoms with Crippen LogP contribution in [0.25, 0.3) is 0 Å². The first-order valence-corrected chi connectivity index (χ1v) is 6.81. The van der Waals surface area contributed by atoms with E-state index >= 15 is 0 Å². The first kappa shape index (κ1) is 14.7. The Balaban J connectivity index is 2.10. The normalized spacial score (nSPS) is 10.4. The maximum atomic E-state index is 13.4. The molecule has 20 heavy (non-hydrogen) atoms. The maximum Gasteiger partial charge on any atom is 0.142 e. The number of nitrogens with zero attached hydrogens (tertiary/aromatic N) is 1. The molecule has 4 heteroatoms. The summed E-state index contributed by atoms with van der Waals surface area (Å²) in [6.45, 7) is 2.64. The standard InChI is InChI=1S/C16H18ClFN2/c1-11-4-6-13(9-16(11)20(2)3)19-10-12-5-7-14(17)15(18)8-12/h4-9,19H,10H2,1-3H3. The average molecular weight is 293 g/mol. The van der Waals surface area contributed by atoms with Crippen LogP contribution in [0.4, 0.5) is 15.8 Å². The summed E-state index contributed by atoms with van der Waals surface area (Å²) in [4.78, 5) is 2.07. The summed E-state index contributed by atoms with van der Waals surface area (Å²) in [6, 6.07) is 11.0. The van der Waals surface area contributed by atoms with Crippen LogP contribution in [0.1, 0.15) is 11.1 Å². The molecule has 2 nitrogen and oxygen atoms in total. The van der Waals surface area contributed by atoms with E-state index in [1.807, 2.05) is 26.2 Å². The summed E-state index contributed by atoms with van der Waals surface area (Å²) >= 11 is 5.67. The molecule has 0 radical (unpaired) electrons. The van der Waals surface area contributed by atoms with Gasteiger partial charge in [-0.2, -0.15) is 0 Å². The van der Waals surface area contributed by atoms with Crippen LogP contribution in [0.2, 0.25) is 5.02 Å². The van der Waals surface area contributed by atoms with E-state index in [2.05, 4.69) is 29.3 Å². The fourth-order valence-electron chi connectivity index (χ4n) is 2.05. The number of aryl methyl sites for hydroxylation is 1. The van der Waals surface area contributed by atoms with Crippen LogP contribution in [0.15, 0.2) is 36.4 Å². The third kappa shape index (κ3) is 3.42. The van der Waals surface area contributed by atoms with Gasteiger partial charge in [-0.3, -0.25) is 0 Å². The zero-order chi connectivity index (χ0) is 14.7. The van der Waals surface area contributed by atoms with Crippen molar-refractivity contribution in [2.45, 2.75) is 13.5 Å². The van der Waals surface area contributed by atoms with Crippen LogP contribution in [0.5, 0.6) is 0 Å². The van der Waals surface area contributed by atoms with Crippen LogP contribution in [-0.2, 0) is 6.54 Å². The zero-order valence-electron chi connectivity index (χ0n) is 11.9. The predicted octanol–water partition coefficient (Wildman–Crippen LogP) is 4.47. The van der Waals surface area contributed by atoms with Gasteiger partial charge in [0.1, 0.15) is 5.82 Å². The second kappa shape index (κ2) is 6.14. The van der Waals surface area contributed by atoms with Crippen molar-refractivity contribution in [3.05, 3.63) is 58.4 Å². The van der Waals surface area contributed by atoms with Gasteiger partial charge in [-0.05, 0) is 42.3 Å². The van der Waals surface area contributed by atoms with Crippen molar-refractivity contribution in [1.29, 1.82) is 0 Å². The minimum absolute atomic E-state index is 0.152. The molecular weight excluding hydrogens is 275 g/mol. The molecule has 106 valence electrons. The predicted molar refractivity (Wildman–Crippen MR) is 84.2 cm³/mol. The van der Waals surface area contributed by atoms with E-state index in [4.69, 9.17) is 11.6 Å². The fourth-order valence-corrected chi connectivity index (χ4v) is 2.17. The zero-order valence-corrected chi connectivity index (χ0v) is 12.6. The van der Waals surface area contributed by atoms with Gasteiger partial charge in [0.15, 0.2) is 0 Å². The first-order chi connectivity index (χ1) is 9.47. The Labute approximate surface area is 124 Å². The molecule has 0 aliphatic heterocycles. The molecule has 0 unspecified atom stereocenters. The van der Waals surface area contributed by atoms with Crippen molar-refractivity contribution in [3.8, 4) is 0 Å². The van der Waals surface area contributed by atoms with E-state index in [1.54, 1.807) is 6.07 Å². The molecular formula is C16H18ClFN2. The van der Waals surface area contributed by atoms with E-state index in [9.17, 15) is 4.39 Å². The molecule has 2 rings (SSSR count). The number of nitrogens with one attached hydrogen (secondary N) is 1. The highest BCUT2D eigenvalue weighted by atomic mass is 35.5. The summed E-state index contributed by atoms with van der Waals surface area (Å²) in [6.07, 6.45) is 0. The van der Waals surface area contributed by atoms with Crippen molar-refractivity contribution < 1.29 is 4.39 Å². The lowest BCUT2D eigenvalue weighted by molar-refractivity contribution is 0.626. The van der Waals surface area contributed by atoms with E-state index < -0.39 is 0 Å². The highest BCUT2D eigenvalue weighted by Gasteiger charge is 2.04. The lowest BCUT2D eigenvalue weighted by Gasteiger charge is -2.17. The summed E-state index contributed by atoms with van der Waals surface area (Å²) in [5.41, 5.74) is 4.25. The Hall–Kier alpha value is -1.74. The summed E-state index contributed by atoms with van der Waals surface area (Å²) in [7, 11) is 4.03. The topological polar surface area (TPSA) is 15.3 Å². The molecule has 0 aromatic heterocycles. The smallest absolute Gasteiger partial charge is 0.142 e. The van der Waals surface area contributed by atoms with Gasteiger partial charge in [0.05, 0.1) is 5.02 Å². The second-order valence-corrected chi connectivity index (χ2v) is 5.40. The highest BCUT2D eigenvalue weighted by molar-refractivity contribution is 6.30. The molecule has 0 amide bonds. The molecule has 0 saturated heterocycles. The monoisotopic (exact) mass is 292 g/mol. The second-order valence-electron chi connectivity index (χ2n) is 5.00. The first-order valence-electron chi connectivity index (χ1n) is 6.43. The lowest BCUT2D eigenvalue weighted by Crippen LogP contribution is -2.11. The van der Waals surface area contributed by atoms with Crippen molar-refractivity contribution in [3.63, 3.8) is 0 Å². The summed E-state index contributed by atoms with van der Waals surface area (Å²) in [5, 5.41) is 3.45. The Morgan fingerprint density at radius 3 is 2.55 bits per heavy atom. The van der Waals surface area contributed by atoms with Crippen molar-refractivity contribution >= 4 is 23.0 Å². The van der Waals surface area contributed by atoms with Gasteiger partial charge in [0.25, 0.3) is 0 Å². The van der Waals surface area contributed by atoms with Gasteiger partial charge in [-0.15, -0.1) is 0 Å². The number of rotatable bonds is 4. The number of hydrogen-bond donors (Lipinski definition) is 1. The third-order valence-corrected chi connectivity index (χ3v) is 3.48. The van der Waals surface area contributed by atoms with E-state index in [1.165, 1.54) is 11.6 Å². The van der Waals surface area contributed by atoms with Gasteiger partial charge in [0.2, 0.25) is 0 Å². The van der Waals surface area contributed by atoms with Crippen LogP contribution in [-0.4, -0.2) is 14.1 Å². The SMILES string of the molecule is Cc1ccc(NCc2ccc(Cl)c(F)c2)cc1N(C)C. The molecule has 0 bridgehead atoms. The van der Waals surface area contributed by atoms with Crippen molar-refractivity contribution in [1.82, 2.24) is 0 Å². The van der Waals surface area contributed by atoms with Gasteiger partial charge in [-0.25, -0.2) is 4.39 Å². The molecule has 0 fully saturated rings. The number of halogens is 2. The van der Waals surface area contributed by atoms with Gasteiger partial charge < -0.3 is 10.2 Å². The quantitative estimate of drug-likeness (QED) is 0.894. The largest absolute Gasteiger partial charge is 0.381 e. The van der Waals surface area contributed by atoms with Crippen LogP contribution < -0.4 is 10.2 Å². The summed E-state index contributed by atoms with van der Waals surface area (Å²) in [5.74, 6) is -0.385. The number of anilines is 2. The van der Waals surface area contributed by atoms with Crippen LogP contribution >= 0.6 is 11.6 Å². The van der Waals surface area contributed by atoms with E-state index in [0.29, 0.717) is 6.54 Å². The van der Waals surface area contributed by atoms with E-state index in [-0.39, 0.29) is 10.8 Å². The minimum Gasteiger partial charge on any atom is -0.381 e. The minimum atomic E-state index is -0.385. The lowest BCUT2D eigenvalue weighted by atomic mass is 10.1. The highest BCUT2D eigenvalue weighted by Crippen LogP contribution is 2.23. The molecule has 0 aliphatic rings. The van der Waals surface area contributed by atoms with Crippen LogP contribution in [0, 0.1) is 12.7 Å². The molecule has 0 spiro atoms. The Morgan fingerprint density at radius 1 is 1.15 bits per heavy atom. The molecule has 1 N–H and O–H groups in total. The Kier molecular flexibility index (Phi) is 4.50. The van der Waals surface area contributed by atoms with Crippen LogP contribution in [0.3, 0.4) is 0 Å². The number of hydrogen-bond acceptors (Lipinski definition) is 2. The van der Waals surface area contributed by atoms with Gasteiger partial charge in [0, 0.05) is 32.0 Å². The molecule has 0 aliphatic carbocycles. The molecule has 2 aromatic carbocycles.